The molecule has 142 valence electrons. The van der Waals surface area contributed by atoms with Crippen LogP contribution in [0.25, 0.3) is 0 Å². The van der Waals surface area contributed by atoms with Crippen LogP contribution in [0.4, 0.5) is 5.69 Å². The number of esters is 1. The van der Waals surface area contributed by atoms with Gasteiger partial charge in [-0.15, -0.1) is 0 Å². The van der Waals surface area contributed by atoms with Crippen LogP contribution in [0.5, 0.6) is 5.75 Å². The second-order valence-electron chi connectivity index (χ2n) is 6.85. The van der Waals surface area contributed by atoms with Crippen molar-refractivity contribution in [3.8, 4) is 5.75 Å². The number of anilines is 1. The van der Waals surface area contributed by atoms with Crippen LogP contribution < -0.4 is 10.1 Å². The Kier molecular flexibility index (Phi) is 6.47. The standard InChI is InChI=1S/C22H25NO4/c1-16-7-5-6-10-20(16)26-15-21(24)23-18-13-11-17(12-14-18)22(25)27-19-8-3-2-4-9-19/h5-7,10-14,19H,2-4,8-9,15H2,1H3,(H,23,24). The summed E-state index contributed by atoms with van der Waals surface area (Å²) >= 11 is 0. The number of rotatable bonds is 6. The van der Waals surface area contributed by atoms with Crippen molar-refractivity contribution in [1.29, 1.82) is 0 Å². The van der Waals surface area contributed by atoms with E-state index in [1.807, 2.05) is 31.2 Å². The Morgan fingerprint density at radius 3 is 2.41 bits per heavy atom. The highest BCUT2D eigenvalue weighted by Gasteiger charge is 2.18. The van der Waals surface area contributed by atoms with Gasteiger partial charge in [0, 0.05) is 5.69 Å². The topological polar surface area (TPSA) is 64.6 Å². The zero-order chi connectivity index (χ0) is 19.1. The highest BCUT2D eigenvalue weighted by atomic mass is 16.5. The highest BCUT2D eigenvalue weighted by molar-refractivity contribution is 5.93. The van der Waals surface area contributed by atoms with E-state index in [0.29, 0.717) is 17.0 Å². The molecule has 0 atom stereocenters. The second-order valence-corrected chi connectivity index (χ2v) is 6.85. The minimum Gasteiger partial charge on any atom is -0.483 e. The fourth-order valence-electron chi connectivity index (χ4n) is 3.15. The summed E-state index contributed by atoms with van der Waals surface area (Å²) in [5.74, 6) is 0.131. The number of benzene rings is 2. The highest BCUT2D eigenvalue weighted by Crippen LogP contribution is 2.22. The quantitative estimate of drug-likeness (QED) is 0.764. The number of carbonyl (C=O) groups is 2. The Labute approximate surface area is 159 Å². The van der Waals surface area contributed by atoms with Crippen molar-refractivity contribution in [1.82, 2.24) is 0 Å². The molecule has 0 aliphatic heterocycles. The summed E-state index contributed by atoms with van der Waals surface area (Å²) in [6.45, 7) is 1.86. The Balaban J connectivity index is 1.48. The molecular formula is C22H25NO4. The zero-order valence-corrected chi connectivity index (χ0v) is 15.6. The predicted molar refractivity (Wildman–Crippen MR) is 104 cm³/mol. The van der Waals surface area contributed by atoms with E-state index in [2.05, 4.69) is 5.32 Å². The lowest BCUT2D eigenvalue weighted by atomic mass is 9.98. The molecule has 5 heteroatoms. The first-order valence-corrected chi connectivity index (χ1v) is 9.41. The predicted octanol–water partition coefficient (Wildman–Crippen LogP) is 4.50. The molecule has 3 rings (SSSR count). The molecular weight excluding hydrogens is 342 g/mol. The van der Waals surface area contributed by atoms with Crippen molar-refractivity contribution in [3.63, 3.8) is 0 Å². The van der Waals surface area contributed by atoms with Crippen molar-refractivity contribution in [2.24, 2.45) is 0 Å². The molecule has 1 amide bonds. The van der Waals surface area contributed by atoms with Gasteiger partial charge in [-0.1, -0.05) is 24.6 Å². The van der Waals surface area contributed by atoms with Gasteiger partial charge in [0.2, 0.25) is 0 Å². The molecule has 0 saturated heterocycles. The lowest BCUT2D eigenvalue weighted by molar-refractivity contribution is -0.118. The fraction of sp³-hybridized carbons (Fsp3) is 0.364. The van der Waals surface area contributed by atoms with E-state index in [4.69, 9.17) is 9.47 Å². The van der Waals surface area contributed by atoms with Gasteiger partial charge >= 0.3 is 5.97 Å². The fourth-order valence-corrected chi connectivity index (χ4v) is 3.15. The Morgan fingerprint density at radius 2 is 1.70 bits per heavy atom. The molecule has 1 N–H and O–H groups in total. The van der Waals surface area contributed by atoms with Gasteiger partial charge in [-0.25, -0.2) is 4.79 Å². The maximum absolute atomic E-state index is 12.2. The van der Waals surface area contributed by atoms with Crippen LogP contribution in [-0.2, 0) is 9.53 Å². The molecule has 1 aliphatic carbocycles. The van der Waals surface area contributed by atoms with Crippen molar-refractivity contribution < 1.29 is 19.1 Å². The largest absolute Gasteiger partial charge is 0.483 e. The van der Waals surface area contributed by atoms with E-state index in [-0.39, 0.29) is 24.6 Å². The smallest absolute Gasteiger partial charge is 0.338 e. The van der Waals surface area contributed by atoms with E-state index in [1.165, 1.54) is 6.42 Å². The lowest BCUT2D eigenvalue weighted by Gasteiger charge is -2.21. The summed E-state index contributed by atoms with van der Waals surface area (Å²) in [6, 6.07) is 14.3. The minimum atomic E-state index is -0.303. The van der Waals surface area contributed by atoms with Crippen LogP contribution in [0.3, 0.4) is 0 Å². The Bertz CT molecular complexity index is 779. The van der Waals surface area contributed by atoms with Gasteiger partial charge < -0.3 is 14.8 Å². The average molecular weight is 367 g/mol. The van der Waals surface area contributed by atoms with E-state index in [9.17, 15) is 9.59 Å². The molecule has 27 heavy (non-hydrogen) atoms. The number of amides is 1. The number of carbonyl (C=O) groups excluding carboxylic acids is 2. The molecule has 5 nitrogen and oxygen atoms in total. The summed E-state index contributed by atoms with van der Waals surface area (Å²) in [5, 5.41) is 2.76. The first kappa shape index (κ1) is 19.0. The summed E-state index contributed by atoms with van der Waals surface area (Å²) < 4.78 is 11.1. The van der Waals surface area contributed by atoms with Gasteiger partial charge in [0.05, 0.1) is 5.56 Å². The average Bonchev–Trinajstić information content (AvgIpc) is 2.69. The molecule has 0 bridgehead atoms. The van der Waals surface area contributed by atoms with Crippen LogP contribution in [-0.4, -0.2) is 24.6 Å². The van der Waals surface area contributed by atoms with E-state index in [1.54, 1.807) is 24.3 Å². The number of para-hydroxylation sites is 1. The Morgan fingerprint density at radius 1 is 1.00 bits per heavy atom. The van der Waals surface area contributed by atoms with Crippen LogP contribution in [0.2, 0.25) is 0 Å². The number of nitrogens with one attached hydrogen (secondary N) is 1. The SMILES string of the molecule is Cc1ccccc1OCC(=O)Nc1ccc(C(=O)OC2CCCCC2)cc1. The number of hydrogen-bond donors (Lipinski definition) is 1. The third kappa shape index (κ3) is 5.58. The number of aryl methyl sites for hydroxylation is 1. The first-order valence-electron chi connectivity index (χ1n) is 9.41. The van der Waals surface area contributed by atoms with Gasteiger partial charge in [-0.3, -0.25) is 4.79 Å². The normalized spacial score (nSPS) is 14.4. The van der Waals surface area contributed by atoms with E-state index >= 15 is 0 Å². The third-order valence-corrected chi connectivity index (χ3v) is 4.68. The molecule has 0 unspecified atom stereocenters. The molecule has 1 fully saturated rings. The molecule has 0 aromatic heterocycles. The molecule has 1 aliphatic rings. The maximum Gasteiger partial charge on any atom is 0.338 e. The molecule has 0 spiro atoms. The van der Waals surface area contributed by atoms with Crippen molar-refractivity contribution in [3.05, 3.63) is 59.7 Å². The van der Waals surface area contributed by atoms with E-state index in [0.717, 1.165) is 31.2 Å². The van der Waals surface area contributed by atoms with Crippen LogP contribution in [0.15, 0.2) is 48.5 Å². The number of ether oxygens (including phenoxy) is 2. The molecule has 0 radical (unpaired) electrons. The van der Waals surface area contributed by atoms with E-state index < -0.39 is 0 Å². The van der Waals surface area contributed by atoms with Gasteiger partial charge in [-0.05, 0) is 68.5 Å². The minimum absolute atomic E-state index is 0.0317. The van der Waals surface area contributed by atoms with Crippen molar-refractivity contribution in [2.45, 2.75) is 45.1 Å². The van der Waals surface area contributed by atoms with Gasteiger partial charge in [0.25, 0.3) is 5.91 Å². The van der Waals surface area contributed by atoms with Crippen LogP contribution in [0.1, 0.15) is 48.0 Å². The van der Waals surface area contributed by atoms with Crippen molar-refractivity contribution >= 4 is 17.6 Å². The summed E-state index contributed by atoms with van der Waals surface area (Å²) in [4.78, 5) is 24.3. The monoisotopic (exact) mass is 367 g/mol. The van der Waals surface area contributed by atoms with Gasteiger partial charge in [0.15, 0.2) is 6.61 Å². The van der Waals surface area contributed by atoms with Crippen LogP contribution >= 0.6 is 0 Å². The summed E-state index contributed by atoms with van der Waals surface area (Å²) in [6.07, 6.45) is 5.38. The third-order valence-electron chi connectivity index (χ3n) is 4.68. The molecule has 1 saturated carbocycles. The molecule has 2 aromatic carbocycles. The summed E-state index contributed by atoms with van der Waals surface area (Å²) in [7, 11) is 0. The molecule has 0 heterocycles. The lowest BCUT2D eigenvalue weighted by Crippen LogP contribution is -2.21. The second kappa shape index (κ2) is 9.21. The number of hydrogen-bond acceptors (Lipinski definition) is 4. The zero-order valence-electron chi connectivity index (χ0n) is 15.6. The first-order chi connectivity index (χ1) is 13.1. The Hall–Kier alpha value is -2.82. The van der Waals surface area contributed by atoms with Crippen molar-refractivity contribution in [2.75, 3.05) is 11.9 Å². The maximum atomic E-state index is 12.2. The van der Waals surface area contributed by atoms with Crippen LogP contribution in [0, 0.1) is 6.92 Å². The summed E-state index contributed by atoms with van der Waals surface area (Å²) in [5.41, 5.74) is 2.09. The van der Waals surface area contributed by atoms with Gasteiger partial charge in [0.1, 0.15) is 11.9 Å². The van der Waals surface area contributed by atoms with Gasteiger partial charge in [-0.2, -0.15) is 0 Å². The molecule has 2 aromatic rings.